The van der Waals surface area contributed by atoms with Crippen LogP contribution < -0.4 is 0 Å². The van der Waals surface area contributed by atoms with Crippen LogP contribution in [0.5, 0.6) is 0 Å². The van der Waals surface area contributed by atoms with Gasteiger partial charge in [-0.1, -0.05) is 10.7 Å². The van der Waals surface area contributed by atoms with Crippen LogP contribution in [-0.2, 0) is 11.2 Å². The number of hydrogen-bond donors (Lipinski definition) is 0. The number of carbonyl (C=O) groups is 1. The Morgan fingerprint density at radius 3 is 2.57 bits per heavy atom. The minimum Gasteiger partial charge on any atom is -0.444 e. The van der Waals surface area contributed by atoms with Gasteiger partial charge >= 0.3 is 6.09 Å². The van der Waals surface area contributed by atoms with E-state index in [9.17, 15) is 4.79 Å². The summed E-state index contributed by atoms with van der Waals surface area (Å²) in [5, 5.41) is 3.92. The van der Waals surface area contributed by atoms with Crippen molar-refractivity contribution >= 4 is 12.2 Å². The number of aromatic nitrogens is 2. The average Bonchev–Trinajstić information content (AvgIpc) is 2.72. The summed E-state index contributed by atoms with van der Waals surface area (Å²) >= 11 is 0. The zero-order valence-corrected chi connectivity index (χ0v) is 13.9. The van der Waals surface area contributed by atoms with E-state index in [4.69, 9.17) is 9.26 Å². The molecule has 0 aromatic carbocycles. The Morgan fingerprint density at radius 2 is 2.05 bits per heavy atom. The summed E-state index contributed by atoms with van der Waals surface area (Å²) in [5.41, 5.74) is 0.581. The minimum absolute atomic E-state index is 0.0861. The summed E-state index contributed by atoms with van der Waals surface area (Å²) < 4.78 is 10.5. The van der Waals surface area contributed by atoms with Crippen molar-refractivity contribution in [1.82, 2.24) is 15.0 Å². The lowest BCUT2D eigenvalue weighted by atomic mass is 10.2. The molecule has 0 radical (unpaired) electrons. The van der Waals surface area contributed by atoms with Gasteiger partial charge in [-0.3, -0.25) is 0 Å². The second kappa shape index (κ2) is 6.74. The molecular formula is C15H25N3O3. The highest BCUT2D eigenvalue weighted by Crippen LogP contribution is 2.13. The van der Waals surface area contributed by atoms with Gasteiger partial charge in [-0.15, -0.1) is 0 Å². The Morgan fingerprint density at radius 1 is 1.43 bits per heavy atom. The van der Waals surface area contributed by atoms with Crippen LogP contribution in [0.4, 0.5) is 4.79 Å². The van der Waals surface area contributed by atoms with Gasteiger partial charge in [-0.2, -0.15) is 4.98 Å². The van der Waals surface area contributed by atoms with E-state index in [0.29, 0.717) is 18.1 Å². The maximum Gasteiger partial charge on any atom is 0.410 e. The number of rotatable bonds is 4. The first kappa shape index (κ1) is 17.2. The van der Waals surface area contributed by atoms with Crippen molar-refractivity contribution in [3.8, 4) is 0 Å². The van der Waals surface area contributed by atoms with Gasteiger partial charge in [0.05, 0.1) is 0 Å². The van der Waals surface area contributed by atoms with Crippen LogP contribution in [0.3, 0.4) is 0 Å². The molecule has 1 amide bonds. The molecule has 0 aliphatic rings. The second-order valence-corrected chi connectivity index (χ2v) is 6.41. The fourth-order valence-corrected chi connectivity index (χ4v) is 1.57. The largest absolute Gasteiger partial charge is 0.444 e. The monoisotopic (exact) mass is 295 g/mol. The van der Waals surface area contributed by atoms with Crippen molar-refractivity contribution in [2.45, 2.75) is 59.6 Å². The summed E-state index contributed by atoms with van der Waals surface area (Å²) in [6.07, 6.45) is 1.97. The van der Waals surface area contributed by atoms with Gasteiger partial charge in [0.1, 0.15) is 5.60 Å². The van der Waals surface area contributed by atoms with Crippen molar-refractivity contribution in [3.05, 3.63) is 17.3 Å². The van der Waals surface area contributed by atoms with Gasteiger partial charge in [0, 0.05) is 25.6 Å². The fraction of sp³-hybridized carbons (Fsp3) is 0.667. The third-order valence-electron chi connectivity index (χ3n) is 2.72. The second-order valence-electron chi connectivity index (χ2n) is 6.41. The minimum atomic E-state index is -0.506. The van der Waals surface area contributed by atoms with Crippen molar-refractivity contribution in [3.63, 3.8) is 0 Å². The SMILES string of the molecule is CC(C)=Cc1nc(C[C@H](C)N(C)C(=O)OC(C)(C)C)no1. The maximum absolute atomic E-state index is 12.0. The summed E-state index contributed by atoms with van der Waals surface area (Å²) in [6, 6.07) is -0.0861. The van der Waals surface area contributed by atoms with Crippen LogP contribution in [0.15, 0.2) is 10.1 Å². The first-order valence-electron chi connectivity index (χ1n) is 7.02. The fourth-order valence-electron chi connectivity index (χ4n) is 1.57. The predicted octanol–water partition coefficient (Wildman–Crippen LogP) is 3.29. The number of allylic oxidation sites excluding steroid dienone is 1. The van der Waals surface area contributed by atoms with E-state index in [-0.39, 0.29) is 12.1 Å². The van der Waals surface area contributed by atoms with Gasteiger partial charge in [0.25, 0.3) is 5.89 Å². The number of amides is 1. The predicted molar refractivity (Wildman–Crippen MR) is 80.8 cm³/mol. The molecule has 0 spiro atoms. The number of likely N-dealkylation sites (N-methyl/N-ethyl adjacent to an activating group) is 1. The molecule has 21 heavy (non-hydrogen) atoms. The molecule has 6 nitrogen and oxygen atoms in total. The van der Waals surface area contributed by atoms with Gasteiger partial charge in [-0.25, -0.2) is 4.79 Å². The van der Waals surface area contributed by atoms with Crippen LogP contribution in [0.2, 0.25) is 0 Å². The van der Waals surface area contributed by atoms with E-state index in [1.54, 1.807) is 11.9 Å². The van der Waals surface area contributed by atoms with Gasteiger partial charge in [0.2, 0.25) is 0 Å². The van der Waals surface area contributed by atoms with Crippen molar-refractivity contribution in [1.29, 1.82) is 0 Å². The molecule has 1 heterocycles. The molecular weight excluding hydrogens is 270 g/mol. The van der Waals surface area contributed by atoms with E-state index >= 15 is 0 Å². The van der Waals surface area contributed by atoms with E-state index in [0.717, 1.165) is 5.57 Å². The zero-order valence-electron chi connectivity index (χ0n) is 13.9. The molecule has 118 valence electrons. The Hall–Kier alpha value is -1.85. The highest BCUT2D eigenvalue weighted by Gasteiger charge is 2.24. The summed E-state index contributed by atoms with van der Waals surface area (Å²) in [4.78, 5) is 17.8. The number of nitrogens with zero attached hydrogens (tertiary/aromatic N) is 3. The molecule has 1 rings (SSSR count). The molecule has 1 aromatic rings. The molecule has 1 aromatic heterocycles. The number of ether oxygens (including phenoxy) is 1. The third-order valence-corrected chi connectivity index (χ3v) is 2.72. The Bertz CT molecular complexity index is 510. The van der Waals surface area contributed by atoms with Crippen molar-refractivity contribution in [2.24, 2.45) is 0 Å². The Balaban J connectivity index is 2.64. The van der Waals surface area contributed by atoms with Crippen LogP contribution in [0, 0.1) is 0 Å². The topological polar surface area (TPSA) is 68.5 Å². The van der Waals surface area contributed by atoms with Crippen LogP contribution >= 0.6 is 0 Å². The molecule has 0 saturated carbocycles. The van der Waals surface area contributed by atoms with E-state index in [1.165, 1.54) is 0 Å². The van der Waals surface area contributed by atoms with Gasteiger partial charge < -0.3 is 14.2 Å². The Labute approximate surface area is 126 Å². The quantitative estimate of drug-likeness (QED) is 0.852. The first-order chi connectivity index (χ1) is 9.58. The summed E-state index contributed by atoms with van der Waals surface area (Å²) in [5.74, 6) is 1.06. The normalized spacial score (nSPS) is 12.7. The van der Waals surface area contributed by atoms with Gasteiger partial charge in [0.15, 0.2) is 5.82 Å². The van der Waals surface area contributed by atoms with E-state index in [2.05, 4.69) is 10.1 Å². The average molecular weight is 295 g/mol. The molecule has 0 aliphatic heterocycles. The molecule has 6 heteroatoms. The van der Waals surface area contributed by atoms with E-state index in [1.807, 2.05) is 47.6 Å². The lowest BCUT2D eigenvalue weighted by molar-refractivity contribution is 0.0234. The molecule has 0 bridgehead atoms. The summed E-state index contributed by atoms with van der Waals surface area (Å²) in [7, 11) is 1.70. The lowest BCUT2D eigenvalue weighted by Crippen LogP contribution is -2.40. The number of carbonyl (C=O) groups excluding carboxylic acids is 1. The highest BCUT2D eigenvalue weighted by atomic mass is 16.6. The Kier molecular flexibility index (Phi) is 5.52. The molecule has 0 aliphatic carbocycles. The molecule has 0 N–H and O–H groups in total. The molecule has 0 saturated heterocycles. The zero-order chi connectivity index (χ0) is 16.2. The van der Waals surface area contributed by atoms with Crippen LogP contribution in [0.1, 0.15) is 53.3 Å². The van der Waals surface area contributed by atoms with E-state index < -0.39 is 5.60 Å². The van der Waals surface area contributed by atoms with Crippen LogP contribution in [0.25, 0.3) is 6.08 Å². The standard InChI is InChI=1S/C15H25N3O3/c1-10(2)8-13-16-12(17-21-13)9-11(3)18(7)14(19)20-15(4,5)6/h8,11H,9H2,1-7H3/t11-/m0/s1. The van der Waals surface area contributed by atoms with Gasteiger partial charge in [-0.05, 0) is 41.5 Å². The lowest BCUT2D eigenvalue weighted by Gasteiger charge is -2.28. The number of hydrogen-bond acceptors (Lipinski definition) is 5. The van der Waals surface area contributed by atoms with Crippen molar-refractivity contribution in [2.75, 3.05) is 7.05 Å². The molecule has 0 fully saturated rings. The first-order valence-corrected chi connectivity index (χ1v) is 7.02. The highest BCUT2D eigenvalue weighted by molar-refractivity contribution is 5.68. The smallest absolute Gasteiger partial charge is 0.410 e. The summed E-state index contributed by atoms with van der Waals surface area (Å²) in [6.45, 7) is 11.4. The van der Waals surface area contributed by atoms with Crippen molar-refractivity contribution < 1.29 is 14.1 Å². The third kappa shape index (κ3) is 5.97. The van der Waals surface area contributed by atoms with Crippen LogP contribution in [-0.4, -0.2) is 39.8 Å². The molecule has 0 unspecified atom stereocenters. The maximum atomic E-state index is 12.0. The molecule has 1 atom stereocenters.